The highest BCUT2D eigenvalue weighted by atomic mass is 16.2. The van der Waals surface area contributed by atoms with E-state index in [1.807, 2.05) is 53.4 Å². The van der Waals surface area contributed by atoms with Gasteiger partial charge >= 0.3 is 0 Å². The third kappa shape index (κ3) is 5.19. The molecule has 3 rings (SSSR count). The van der Waals surface area contributed by atoms with Gasteiger partial charge in [-0.15, -0.1) is 0 Å². The number of hydrogen-bond donors (Lipinski definition) is 1. The van der Waals surface area contributed by atoms with Crippen LogP contribution in [0.5, 0.6) is 0 Å². The van der Waals surface area contributed by atoms with E-state index in [2.05, 4.69) is 19.2 Å². The molecule has 1 fully saturated rings. The number of likely N-dealkylation sites (tertiary alicyclic amines) is 1. The lowest BCUT2D eigenvalue weighted by molar-refractivity contribution is -0.135. The number of benzene rings is 2. The molecule has 142 valence electrons. The molecule has 1 saturated heterocycles. The summed E-state index contributed by atoms with van der Waals surface area (Å²) in [6.07, 6.45) is 1.64. The van der Waals surface area contributed by atoms with Crippen molar-refractivity contribution >= 4 is 11.8 Å². The van der Waals surface area contributed by atoms with Crippen molar-refractivity contribution in [2.24, 2.45) is 11.8 Å². The summed E-state index contributed by atoms with van der Waals surface area (Å²) in [5.41, 5.74) is 1.62. The second kappa shape index (κ2) is 8.85. The van der Waals surface area contributed by atoms with Crippen LogP contribution in [0.15, 0.2) is 60.7 Å². The Labute approximate surface area is 161 Å². The average molecular weight is 364 g/mol. The molecule has 0 aliphatic carbocycles. The molecule has 2 aromatic carbocycles. The Balaban J connectivity index is 1.78. The zero-order chi connectivity index (χ0) is 19.2. The van der Waals surface area contributed by atoms with E-state index >= 15 is 0 Å². The summed E-state index contributed by atoms with van der Waals surface area (Å²) in [6.45, 7) is 5.89. The van der Waals surface area contributed by atoms with Gasteiger partial charge in [0.15, 0.2) is 0 Å². The minimum absolute atomic E-state index is 0.0153. The first-order valence-electron chi connectivity index (χ1n) is 9.71. The fraction of sp³-hybridized carbons (Fsp3) is 0.391. The lowest BCUT2D eigenvalue weighted by Crippen LogP contribution is -2.53. The molecule has 0 unspecified atom stereocenters. The molecule has 3 atom stereocenters. The lowest BCUT2D eigenvalue weighted by atomic mass is 9.91. The summed E-state index contributed by atoms with van der Waals surface area (Å²) in [5, 5.41) is 2.98. The number of amides is 2. The molecular weight excluding hydrogens is 336 g/mol. The van der Waals surface area contributed by atoms with Gasteiger partial charge in [-0.2, -0.15) is 0 Å². The first-order valence-corrected chi connectivity index (χ1v) is 9.71. The normalized spacial score (nSPS) is 20.7. The van der Waals surface area contributed by atoms with Gasteiger partial charge in [0, 0.05) is 25.1 Å². The molecule has 0 bridgehead atoms. The number of carbonyl (C=O) groups excluding carboxylic acids is 2. The van der Waals surface area contributed by atoms with Crippen molar-refractivity contribution in [2.45, 2.75) is 32.7 Å². The molecule has 0 radical (unpaired) electrons. The van der Waals surface area contributed by atoms with E-state index in [0.29, 0.717) is 23.8 Å². The van der Waals surface area contributed by atoms with E-state index in [4.69, 9.17) is 0 Å². The van der Waals surface area contributed by atoms with Gasteiger partial charge in [-0.3, -0.25) is 9.59 Å². The molecule has 27 heavy (non-hydrogen) atoms. The molecule has 4 nitrogen and oxygen atoms in total. The average Bonchev–Trinajstić information content (AvgIpc) is 2.67. The second-order valence-electron chi connectivity index (χ2n) is 7.77. The molecule has 4 heteroatoms. The van der Waals surface area contributed by atoms with Crippen LogP contribution in [0.2, 0.25) is 0 Å². The van der Waals surface area contributed by atoms with Crippen molar-refractivity contribution in [1.82, 2.24) is 10.2 Å². The molecule has 1 heterocycles. The predicted octanol–water partition coefficient (Wildman–Crippen LogP) is 3.53. The summed E-state index contributed by atoms with van der Waals surface area (Å²) in [7, 11) is 0. The van der Waals surface area contributed by atoms with E-state index in [1.165, 1.54) is 0 Å². The molecule has 0 saturated carbocycles. The van der Waals surface area contributed by atoms with Crippen LogP contribution < -0.4 is 5.32 Å². The Morgan fingerprint density at radius 2 is 1.52 bits per heavy atom. The van der Waals surface area contributed by atoms with Crippen LogP contribution >= 0.6 is 0 Å². The smallest absolute Gasteiger partial charge is 0.251 e. The van der Waals surface area contributed by atoms with Gasteiger partial charge < -0.3 is 10.2 Å². The lowest BCUT2D eigenvalue weighted by Gasteiger charge is -2.37. The van der Waals surface area contributed by atoms with Crippen molar-refractivity contribution in [2.75, 3.05) is 13.1 Å². The monoisotopic (exact) mass is 364 g/mol. The summed E-state index contributed by atoms with van der Waals surface area (Å²) in [6, 6.07) is 18.4. The number of nitrogens with one attached hydrogen (secondary N) is 1. The third-order valence-corrected chi connectivity index (χ3v) is 5.10. The maximum Gasteiger partial charge on any atom is 0.251 e. The molecule has 1 N–H and O–H groups in total. The van der Waals surface area contributed by atoms with Crippen molar-refractivity contribution in [3.05, 3.63) is 71.8 Å². The Kier molecular flexibility index (Phi) is 6.28. The maximum absolute atomic E-state index is 13.3. The minimum atomic E-state index is -0.558. The van der Waals surface area contributed by atoms with Crippen LogP contribution in [0.1, 0.15) is 36.2 Å². The number of piperidine rings is 1. The predicted molar refractivity (Wildman–Crippen MR) is 107 cm³/mol. The fourth-order valence-electron chi connectivity index (χ4n) is 3.94. The van der Waals surface area contributed by atoms with E-state index in [1.54, 1.807) is 12.1 Å². The zero-order valence-corrected chi connectivity index (χ0v) is 16.1. The van der Waals surface area contributed by atoms with Crippen LogP contribution in [-0.2, 0) is 11.2 Å². The van der Waals surface area contributed by atoms with Gasteiger partial charge in [0.1, 0.15) is 6.04 Å². The molecule has 1 aliphatic heterocycles. The highest BCUT2D eigenvalue weighted by molar-refractivity contribution is 5.97. The van der Waals surface area contributed by atoms with E-state index < -0.39 is 6.04 Å². The third-order valence-electron chi connectivity index (χ3n) is 5.10. The van der Waals surface area contributed by atoms with Gasteiger partial charge in [0.05, 0.1) is 0 Å². The first kappa shape index (κ1) is 19.2. The van der Waals surface area contributed by atoms with E-state index in [9.17, 15) is 9.59 Å². The first-order chi connectivity index (χ1) is 13.0. The van der Waals surface area contributed by atoms with Crippen LogP contribution in [-0.4, -0.2) is 35.8 Å². The Morgan fingerprint density at radius 3 is 2.11 bits per heavy atom. The van der Waals surface area contributed by atoms with Gasteiger partial charge in [-0.1, -0.05) is 62.4 Å². The van der Waals surface area contributed by atoms with E-state index in [-0.39, 0.29) is 11.8 Å². The van der Waals surface area contributed by atoms with Crippen molar-refractivity contribution in [3.8, 4) is 0 Å². The van der Waals surface area contributed by atoms with Crippen molar-refractivity contribution in [1.29, 1.82) is 0 Å². The van der Waals surface area contributed by atoms with Gasteiger partial charge in [-0.25, -0.2) is 0 Å². The Hall–Kier alpha value is -2.62. The second-order valence-corrected chi connectivity index (χ2v) is 7.77. The highest BCUT2D eigenvalue weighted by Crippen LogP contribution is 2.22. The molecule has 2 aromatic rings. The largest absolute Gasteiger partial charge is 0.340 e. The molecule has 2 amide bonds. The standard InChI is InChI=1S/C23H28N2O2/c1-17-13-18(2)16-25(15-17)23(27)21(14-19-9-5-3-6-10-19)24-22(26)20-11-7-4-8-12-20/h3-12,17-18,21H,13-16H2,1-2H3,(H,24,26)/t17-,18-,21+/m1/s1. The number of rotatable bonds is 5. The van der Waals surface area contributed by atoms with Crippen LogP contribution in [0, 0.1) is 11.8 Å². The Morgan fingerprint density at radius 1 is 0.963 bits per heavy atom. The van der Waals surface area contributed by atoms with Crippen LogP contribution in [0.4, 0.5) is 0 Å². The number of carbonyl (C=O) groups is 2. The fourth-order valence-corrected chi connectivity index (χ4v) is 3.94. The van der Waals surface area contributed by atoms with Gasteiger partial charge in [-0.05, 0) is 36.0 Å². The molecular formula is C23H28N2O2. The summed E-state index contributed by atoms with van der Waals surface area (Å²) < 4.78 is 0. The van der Waals surface area contributed by atoms with Crippen molar-refractivity contribution in [3.63, 3.8) is 0 Å². The summed E-state index contributed by atoms with van der Waals surface area (Å²) in [5.74, 6) is 0.782. The number of hydrogen-bond acceptors (Lipinski definition) is 2. The summed E-state index contributed by atoms with van der Waals surface area (Å²) >= 11 is 0. The minimum Gasteiger partial charge on any atom is -0.340 e. The van der Waals surface area contributed by atoms with Gasteiger partial charge in [0.25, 0.3) is 5.91 Å². The zero-order valence-electron chi connectivity index (χ0n) is 16.1. The highest BCUT2D eigenvalue weighted by Gasteiger charge is 2.31. The van der Waals surface area contributed by atoms with Crippen LogP contribution in [0.25, 0.3) is 0 Å². The molecule has 1 aliphatic rings. The summed E-state index contributed by atoms with van der Waals surface area (Å²) in [4.78, 5) is 27.9. The van der Waals surface area contributed by atoms with Crippen LogP contribution in [0.3, 0.4) is 0 Å². The number of nitrogens with zero attached hydrogens (tertiary/aromatic N) is 1. The maximum atomic E-state index is 13.3. The van der Waals surface area contributed by atoms with E-state index in [0.717, 1.165) is 25.1 Å². The molecule has 0 spiro atoms. The Bertz CT molecular complexity index is 750. The van der Waals surface area contributed by atoms with Gasteiger partial charge in [0.2, 0.25) is 5.91 Å². The topological polar surface area (TPSA) is 49.4 Å². The molecule has 0 aromatic heterocycles. The van der Waals surface area contributed by atoms with Crippen molar-refractivity contribution < 1.29 is 9.59 Å². The SMILES string of the molecule is C[C@@H]1C[C@@H](C)CN(C(=O)[C@H](Cc2ccccc2)NC(=O)c2ccccc2)C1. The quantitative estimate of drug-likeness (QED) is 0.882.